The lowest BCUT2D eigenvalue weighted by atomic mass is 10.1. The lowest BCUT2D eigenvalue weighted by Crippen LogP contribution is -2.15. The largest absolute Gasteiger partial charge is 0.329 e. The lowest BCUT2D eigenvalue weighted by Gasteiger charge is -2.22. The van der Waals surface area contributed by atoms with Gasteiger partial charge in [0.05, 0.1) is 0 Å². The summed E-state index contributed by atoms with van der Waals surface area (Å²) in [5.74, 6) is 0.689. The summed E-state index contributed by atoms with van der Waals surface area (Å²) in [6, 6.07) is 8.47. The maximum absolute atomic E-state index is 5.86. The Morgan fingerprint density at radius 2 is 1.75 bits per heavy atom. The van der Waals surface area contributed by atoms with Crippen molar-refractivity contribution in [3.8, 4) is 0 Å². The van der Waals surface area contributed by atoms with Gasteiger partial charge in [0.25, 0.3) is 0 Å². The first-order chi connectivity index (χ1) is 7.54. The summed E-state index contributed by atoms with van der Waals surface area (Å²) in [5.41, 5.74) is 7.18. The summed E-state index contributed by atoms with van der Waals surface area (Å²) < 4.78 is 1.12. The van der Waals surface area contributed by atoms with Crippen molar-refractivity contribution in [3.63, 3.8) is 0 Å². The fourth-order valence-corrected chi connectivity index (χ4v) is 2.89. The van der Waals surface area contributed by atoms with Crippen molar-refractivity contribution >= 4 is 27.7 Å². The van der Waals surface area contributed by atoms with Crippen molar-refractivity contribution in [3.05, 3.63) is 34.3 Å². The fourth-order valence-electron chi connectivity index (χ4n) is 1.36. The zero-order valence-electron chi connectivity index (χ0n) is 10.1. The maximum atomic E-state index is 5.86. The molecule has 2 atom stereocenters. The second-order valence-electron chi connectivity index (χ2n) is 4.36. The van der Waals surface area contributed by atoms with Crippen LogP contribution in [0.1, 0.15) is 31.6 Å². The number of nitrogens with two attached hydrogens (primary N) is 1. The van der Waals surface area contributed by atoms with Gasteiger partial charge in [0.1, 0.15) is 0 Å². The molecule has 2 unspecified atom stereocenters. The van der Waals surface area contributed by atoms with Gasteiger partial charge in [-0.2, -0.15) is 0 Å². The Balaban J connectivity index is 2.70. The molecular formula is C13H20BrNS. The smallest absolute Gasteiger partial charge is 0.0422 e. The van der Waals surface area contributed by atoms with E-state index in [0.29, 0.717) is 23.0 Å². The van der Waals surface area contributed by atoms with Gasteiger partial charge >= 0.3 is 0 Å². The van der Waals surface area contributed by atoms with E-state index >= 15 is 0 Å². The van der Waals surface area contributed by atoms with Crippen LogP contribution in [0.5, 0.6) is 0 Å². The minimum Gasteiger partial charge on any atom is -0.329 e. The summed E-state index contributed by atoms with van der Waals surface area (Å²) >= 11 is 5.42. The molecule has 0 aliphatic heterocycles. The Morgan fingerprint density at radius 3 is 2.19 bits per heavy atom. The minimum atomic E-state index is 0.408. The number of hydrogen-bond acceptors (Lipinski definition) is 2. The predicted octanol–water partition coefficient (Wildman–Crippen LogP) is 4.23. The summed E-state index contributed by atoms with van der Waals surface area (Å²) in [6.07, 6.45) is 0. The zero-order valence-corrected chi connectivity index (χ0v) is 12.5. The van der Waals surface area contributed by atoms with E-state index < -0.39 is 0 Å². The van der Waals surface area contributed by atoms with Crippen LogP contribution >= 0.6 is 27.7 Å². The zero-order chi connectivity index (χ0) is 12.1. The Hall–Kier alpha value is 0.01000. The van der Waals surface area contributed by atoms with Crippen LogP contribution < -0.4 is 5.73 Å². The first-order valence-corrected chi connectivity index (χ1v) is 7.39. The van der Waals surface area contributed by atoms with E-state index in [1.165, 1.54) is 5.56 Å². The Kier molecular flexibility index (Phi) is 5.87. The van der Waals surface area contributed by atoms with Crippen LogP contribution in [0, 0.1) is 5.92 Å². The number of thioether (sulfide) groups is 1. The maximum Gasteiger partial charge on any atom is 0.0422 e. The second kappa shape index (κ2) is 6.67. The van der Waals surface area contributed by atoms with Crippen molar-refractivity contribution in [1.29, 1.82) is 0 Å². The summed E-state index contributed by atoms with van der Waals surface area (Å²) in [6.45, 7) is 7.49. The molecular weight excluding hydrogens is 282 g/mol. The Morgan fingerprint density at radius 1 is 1.19 bits per heavy atom. The molecule has 3 heteroatoms. The number of halogens is 1. The quantitative estimate of drug-likeness (QED) is 0.881. The van der Waals surface area contributed by atoms with Gasteiger partial charge in [-0.3, -0.25) is 0 Å². The van der Waals surface area contributed by atoms with Gasteiger partial charge in [-0.15, -0.1) is 11.8 Å². The van der Waals surface area contributed by atoms with E-state index in [-0.39, 0.29) is 0 Å². The second-order valence-corrected chi connectivity index (χ2v) is 6.86. The monoisotopic (exact) mass is 301 g/mol. The Labute approximate surface area is 111 Å². The van der Waals surface area contributed by atoms with Crippen LogP contribution in [0.15, 0.2) is 28.7 Å². The van der Waals surface area contributed by atoms with Gasteiger partial charge in [-0.1, -0.05) is 48.8 Å². The highest BCUT2D eigenvalue weighted by Gasteiger charge is 2.16. The van der Waals surface area contributed by atoms with Crippen LogP contribution in [0.3, 0.4) is 0 Å². The van der Waals surface area contributed by atoms with Gasteiger partial charge < -0.3 is 5.73 Å². The lowest BCUT2D eigenvalue weighted by molar-refractivity contribution is 0.639. The van der Waals surface area contributed by atoms with E-state index in [1.807, 2.05) is 11.8 Å². The molecule has 90 valence electrons. The highest BCUT2D eigenvalue weighted by molar-refractivity contribution is 9.10. The van der Waals surface area contributed by atoms with Gasteiger partial charge in [0.2, 0.25) is 0 Å². The third-order valence-corrected chi connectivity index (χ3v) is 5.07. The first kappa shape index (κ1) is 14.1. The molecule has 0 spiro atoms. The van der Waals surface area contributed by atoms with Crippen molar-refractivity contribution in [2.75, 3.05) is 6.54 Å². The van der Waals surface area contributed by atoms with Gasteiger partial charge in [-0.25, -0.2) is 0 Å². The average Bonchev–Trinajstić information content (AvgIpc) is 2.26. The van der Waals surface area contributed by atoms with Crippen molar-refractivity contribution in [2.45, 2.75) is 31.3 Å². The van der Waals surface area contributed by atoms with E-state index in [1.54, 1.807) is 0 Å². The van der Waals surface area contributed by atoms with Crippen LogP contribution in [0.2, 0.25) is 0 Å². The van der Waals surface area contributed by atoms with E-state index in [9.17, 15) is 0 Å². The number of benzene rings is 1. The molecule has 0 saturated carbocycles. The molecule has 0 saturated heterocycles. The molecule has 0 aliphatic carbocycles. The first-order valence-electron chi connectivity index (χ1n) is 5.65. The van der Waals surface area contributed by atoms with E-state index in [4.69, 9.17) is 5.73 Å². The van der Waals surface area contributed by atoms with Crippen molar-refractivity contribution in [1.82, 2.24) is 0 Å². The van der Waals surface area contributed by atoms with E-state index in [0.717, 1.165) is 4.47 Å². The fraction of sp³-hybridized carbons (Fsp3) is 0.538. The van der Waals surface area contributed by atoms with Crippen LogP contribution in [-0.4, -0.2) is 11.8 Å². The topological polar surface area (TPSA) is 26.0 Å². The van der Waals surface area contributed by atoms with Crippen molar-refractivity contribution in [2.24, 2.45) is 11.7 Å². The molecule has 1 aromatic carbocycles. The normalized spacial score (nSPS) is 15.1. The third-order valence-electron chi connectivity index (χ3n) is 2.77. The molecule has 0 bridgehead atoms. The summed E-state index contributed by atoms with van der Waals surface area (Å²) in [7, 11) is 0. The predicted molar refractivity (Wildman–Crippen MR) is 77.8 cm³/mol. The van der Waals surface area contributed by atoms with Crippen molar-refractivity contribution < 1.29 is 0 Å². The molecule has 0 heterocycles. The van der Waals surface area contributed by atoms with Gasteiger partial charge in [0.15, 0.2) is 0 Å². The van der Waals surface area contributed by atoms with Crippen LogP contribution in [0.25, 0.3) is 0 Å². The summed E-state index contributed by atoms with van der Waals surface area (Å²) in [4.78, 5) is 0. The molecule has 2 N–H and O–H groups in total. The number of hydrogen-bond donors (Lipinski definition) is 1. The Bertz CT molecular complexity index is 310. The van der Waals surface area contributed by atoms with Crippen LogP contribution in [0.4, 0.5) is 0 Å². The molecule has 1 nitrogen and oxygen atoms in total. The highest BCUT2D eigenvalue weighted by Crippen LogP contribution is 2.34. The molecule has 1 rings (SSSR count). The molecule has 0 radical (unpaired) electrons. The van der Waals surface area contributed by atoms with Gasteiger partial charge in [0, 0.05) is 21.5 Å². The molecule has 0 aliphatic rings. The molecule has 1 aromatic rings. The van der Waals surface area contributed by atoms with Gasteiger partial charge in [-0.05, 0) is 23.6 Å². The third kappa shape index (κ3) is 4.11. The minimum absolute atomic E-state index is 0.408. The molecule has 0 aromatic heterocycles. The molecule has 0 amide bonds. The number of rotatable bonds is 5. The molecule has 0 fully saturated rings. The van der Waals surface area contributed by atoms with Crippen LogP contribution in [-0.2, 0) is 0 Å². The molecule has 16 heavy (non-hydrogen) atoms. The standard InChI is InChI=1S/C13H20BrNS/c1-9(2)10(3)16-13(8-15)11-4-6-12(14)7-5-11/h4-7,9-10,13H,8,15H2,1-3H3. The summed E-state index contributed by atoms with van der Waals surface area (Å²) in [5, 5.41) is 1.04. The van der Waals surface area contributed by atoms with E-state index in [2.05, 4.69) is 61.0 Å². The SMILES string of the molecule is CC(C)C(C)SC(CN)c1ccc(Br)cc1. The average molecular weight is 302 g/mol. The highest BCUT2D eigenvalue weighted by atomic mass is 79.9.